The molecule has 2 aromatic carbocycles. The van der Waals surface area contributed by atoms with Gasteiger partial charge in [-0.25, -0.2) is 0 Å². The minimum absolute atomic E-state index is 0. The van der Waals surface area contributed by atoms with E-state index in [1.165, 1.54) is 0 Å². The highest BCUT2D eigenvalue weighted by molar-refractivity contribution is 5.85. The van der Waals surface area contributed by atoms with Gasteiger partial charge in [-0.3, -0.25) is 4.90 Å². The van der Waals surface area contributed by atoms with Crippen LogP contribution in [0.15, 0.2) is 12.1 Å². The number of phenols is 2. The zero-order valence-electron chi connectivity index (χ0n) is 20.3. The normalized spacial score (nSPS) is 11.1. The van der Waals surface area contributed by atoms with Gasteiger partial charge in [-0.05, 0) is 75.0 Å². The summed E-state index contributed by atoms with van der Waals surface area (Å²) in [5.41, 5.74) is 5.17. The summed E-state index contributed by atoms with van der Waals surface area (Å²) in [5, 5.41) is 29.7. The molecule has 0 fully saturated rings. The molecule has 0 aliphatic carbocycles. The van der Waals surface area contributed by atoms with Crippen LogP contribution in [0.1, 0.15) is 53.1 Å². The number of ether oxygens (including phenoxy) is 2. The molecule has 0 spiro atoms. The van der Waals surface area contributed by atoms with Crippen molar-refractivity contribution in [2.24, 2.45) is 0 Å². The Bertz CT molecular complexity index is 914. The van der Waals surface area contributed by atoms with Crippen LogP contribution in [0.2, 0.25) is 0 Å². The smallest absolute Gasteiger partial charge is 0.127 e. The second kappa shape index (κ2) is 12.2. The number of likely N-dealkylation sites (N-methyl/N-ethyl adjacent to an activating group) is 1. The number of aryl methyl sites for hydroxylation is 1. The highest BCUT2D eigenvalue weighted by Crippen LogP contribution is 2.38. The van der Waals surface area contributed by atoms with Crippen LogP contribution in [-0.2, 0) is 6.54 Å². The van der Waals surface area contributed by atoms with Crippen molar-refractivity contribution in [3.63, 3.8) is 0 Å². The Labute approximate surface area is 198 Å². The molecule has 0 aliphatic heterocycles. The standard InChI is InChI=1S/C25H37NO5.ClH/c1-15(2)20-13-22(28)16(3)12-23(20)30-10-8-26(7)14-21-19(6)24(29)17(4)18(5)25(21)31-11-9-27;/h12-13,15,27-29H,8-11,14H2,1-7H3;1H. The van der Waals surface area contributed by atoms with Gasteiger partial charge in [-0.2, -0.15) is 0 Å². The van der Waals surface area contributed by atoms with Gasteiger partial charge in [0.25, 0.3) is 0 Å². The Hall–Kier alpha value is -2.15. The topological polar surface area (TPSA) is 82.4 Å². The van der Waals surface area contributed by atoms with Crippen LogP contribution in [0.25, 0.3) is 0 Å². The molecule has 0 aromatic heterocycles. The van der Waals surface area contributed by atoms with E-state index in [0.717, 1.165) is 44.9 Å². The van der Waals surface area contributed by atoms with Crippen molar-refractivity contribution in [1.82, 2.24) is 4.90 Å². The lowest BCUT2D eigenvalue weighted by molar-refractivity contribution is 0.195. The number of phenolic OH excluding ortho intramolecular Hbond substituents is 2. The van der Waals surface area contributed by atoms with Crippen LogP contribution in [0, 0.1) is 27.7 Å². The molecule has 0 heterocycles. The van der Waals surface area contributed by atoms with Gasteiger partial charge in [0, 0.05) is 24.2 Å². The van der Waals surface area contributed by atoms with E-state index >= 15 is 0 Å². The number of aromatic hydroxyl groups is 2. The van der Waals surface area contributed by atoms with E-state index < -0.39 is 0 Å². The first kappa shape index (κ1) is 27.9. The third kappa shape index (κ3) is 6.44. The average molecular weight is 468 g/mol. The summed E-state index contributed by atoms with van der Waals surface area (Å²) in [6.07, 6.45) is 0. The van der Waals surface area contributed by atoms with E-state index in [9.17, 15) is 15.3 Å². The minimum atomic E-state index is -0.0637. The van der Waals surface area contributed by atoms with Crippen LogP contribution in [0.4, 0.5) is 0 Å². The first-order chi connectivity index (χ1) is 14.6. The molecular weight excluding hydrogens is 430 g/mol. The van der Waals surface area contributed by atoms with Crippen LogP contribution in [0.3, 0.4) is 0 Å². The molecule has 0 saturated carbocycles. The number of benzene rings is 2. The van der Waals surface area contributed by atoms with Gasteiger partial charge in [0.15, 0.2) is 0 Å². The minimum Gasteiger partial charge on any atom is -0.508 e. The molecule has 0 amide bonds. The quantitative estimate of drug-likeness (QED) is 0.467. The highest BCUT2D eigenvalue weighted by Gasteiger charge is 2.19. The van der Waals surface area contributed by atoms with Crippen LogP contribution >= 0.6 is 12.4 Å². The van der Waals surface area contributed by atoms with E-state index in [1.54, 1.807) is 6.07 Å². The zero-order chi connectivity index (χ0) is 23.3. The zero-order valence-corrected chi connectivity index (χ0v) is 21.1. The molecule has 2 aromatic rings. The van der Waals surface area contributed by atoms with E-state index in [-0.39, 0.29) is 43.0 Å². The lowest BCUT2D eigenvalue weighted by Gasteiger charge is -2.24. The maximum absolute atomic E-state index is 10.5. The fourth-order valence-corrected chi connectivity index (χ4v) is 3.62. The Morgan fingerprint density at radius 3 is 2.19 bits per heavy atom. The summed E-state index contributed by atoms with van der Waals surface area (Å²) in [4.78, 5) is 2.12. The molecule has 0 saturated heterocycles. The summed E-state index contributed by atoms with van der Waals surface area (Å²) in [5.74, 6) is 2.34. The summed E-state index contributed by atoms with van der Waals surface area (Å²) in [6.45, 7) is 13.6. The number of hydrogen-bond acceptors (Lipinski definition) is 6. The summed E-state index contributed by atoms with van der Waals surface area (Å²) < 4.78 is 11.9. The van der Waals surface area contributed by atoms with E-state index in [0.29, 0.717) is 19.7 Å². The van der Waals surface area contributed by atoms with Crippen molar-refractivity contribution in [3.05, 3.63) is 45.5 Å². The monoisotopic (exact) mass is 467 g/mol. The number of aliphatic hydroxyl groups is 1. The molecule has 32 heavy (non-hydrogen) atoms. The maximum atomic E-state index is 10.5. The summed E-state index contributed by atoms with van der Waals surface area (Å²) in [6, 6.07) is 3.67. The fraction of sp³-hybridized carbons (Fsp3) is 0.520. The molecule has 3 N–H and O–H groups in total. The van der Waals surface area contributed by atoms with Crippen LogP contribution < -0.4 is 9.47 Å². The van der Waals surface area contributed by atoms with E-state index in [1.807, 2.05) is 40.8 Å². The first-order valence-corrected chi connectivity index (χ1v) is 10.8. The number of halogens is 1. The van der Waals surface area contributed by atoms with E-state index in [4.69, 9.17) is 9.47 Å². The molecule has 2 rings (SSSR count). The molecule has 0 unspecified atom stereocenters. The van der Waals surface area contributed by atoms with Crippen molar-refractivity contribution >= 4 is 12.4 Å². The van der Waals surface area contributed by atoms with Crippen molar-refractivity contribution in [3.8, 4) is 23.0 Å². The Balaban J connectivity index is 0.00000512. The number of hydrogen-bond donors (Lipinski definition) is 3. The maximum Gasteiger partial charge on any atom is 0.127 e. The molecule has 0 radical (unpaired) electrons. The second-order valence-electron chi connectivity index (χ2n) is 8.52. The van der Waals surface area contributed by atoms with Gasteiger partial charge >= 0.3 is 0 Å². The Morgan fingerprint density at radius 1 is 0.938 bits per heavy atom. The number of rotatable bonds is 10. The predicted molar refractivity (Wildman–Crippen MR) is 131 cm³/mol. The van der Waals surface area contributed by atoms with Gasteiger partial charge in [-0.15, -0.1) is 12.4 Å². The SMILES string of the molecule is Cc1cc(OCCN(C)Cc2c(C)c(O)c(C)c(C)c2OCCO)c(C(C)C)cc1O.Cl. The molecule has 0 aliphatic rings. The van der Waals surface area contributed by atoms with Gasteiger partial charge in [0.1, 0.15) is 36.2 Å². The van der Waals surface area contributed by atoms with Crippen LogP contribution in [0.5, 0.6) is 23.0 Å². The van der Waals surface area contributed by atoms with Crippen molar-refractivity contribution < 1.29 is 24.8 Å². The summed E-state index contributed by atoms with van der Waals surface area (Å²) in [7, 11) is 2.00. The van der Waals surface area contributed by atoms with Crippen molar-refractivity contribution in [2.75, 3.05) is 33.4 Å². The molecule has 180 valence electrons. The predicted octanol–water partition coefficient (Wildman–Crippen LogP) is 4.76. The van der Waals surface area contributed by atoms with Gasteiger partial charge in [-0.1, -0.05) is 13.8 Å². The summed E-state index contributed by atoms with van der Waals surface area (Å²) >= 11 is 0. The molecule has 7 heteroatoms. The molecule has 0 atom stereocenters. The van der Waals surface area contributed by atoms with Gasteiger partial charge in [0.05, 0.1) is 6.61 Å². The molecular formula is C25H38ClNO5. The largest absolute Gasteiger partial charge is 0.508 e. The third-order valence-corrected chi connectivity index (χ3v) is 5.79. The number of nitrogens with zero attached hydrogens (tertiary/aromatic N) is 1. The lowest BCUT2D eigenvalue weighted by Crippen LogP contribution is -2.25. The molecule has 0 bridgehead atoms. The Morgan fingerprint density at radius 2 is 1.59 bits per heavy atom. The first-order valence-electron chi connectivity index (χ1n) is 10.8. The second-order valence-corrected chi connectivity index (χ2v) is 8.52. The van der Waals surface area contributed by atoms with Crippen molar-refractivity contribution in [1.29, 1.82) is 0 Å². The highest BCUT2D eigenvalue weighted by atomic mass is 35.5. The third-order valence-electron chi connectivity index (χ3n) is 5.79. The van der Waals surface area contributed by atoms with Crippen LogP contribution in [-0.4, -0.2) is 53.6 Å². The average Bonchev–Trinajstić information content (AvgIpc) is 2.72. The lowest BCUT2D eigenvalue weighted by atomic mass is 9.97. The Kier molecular flexibility index (Phi) is 10.6. The fourth-order valence-electron chi connectivity index (χ4n) is 3.62. The van der Waals surface area contributed by atoms with Gasteiger partial charge < -0.3 is 24.8 Å². The number of aliphatic hydroxyl groups excluding tert-OH is 1. The van der Waals surface area contributed by atoms with Gasteiger partial charge in [0.2, 0.25) is 0 Å². The van der Waals surface area contributed by atoms with E-state index in [2.05, 4.69) is 18.7 Å². The van der Waals surface area contributed by atoms with Crippen molar-refractivity contribution in [2.45, 2.75) is 54.0 Å². The molecule has 6 nitrogen and oxygen atoms in total.